The van der Waals surface area contributed by atoms with Crippen LogP contribution in [0.1, 0.15) is 5.69 Å². The number of nitrogens with zero attached hydrogens (tertiary/aromatic N) is 1. The second kappa shape index (κ2) is 3.13. The van der Waals surface area contributed by atoms with Crippen molar-refractivity contribution in [1.82, 2.24) is 4.57 Å². The summed E-state index contributed by atoms with van der Waals surface area (Å²) in [6, 6.07) is 7.40. The number of fused-ring (bicyclic) bond motifs is 1. The molecule has 3 nitrogen and oxygen atoms in total. The van der Waals surface area contributed by atoms with E-state index in [1.807, 2.05) is 18.2 Å². The van der Waals surface area contributed by atoms with Crippen molar-refractivity contribution in [3.05, 3.63) is 34.4 Å². The predicted molar refractivity (Wildman–Crippen MR) is 57.8 cm³/mol. The van der Waals surface area contributed by atoms with E-state index >= 15 is 0 Å². The normalized spacial score (nSPS) is 10.7. The van der Waals surface area contributed by atoms with E-state index in [4.69, 9.17) is 5.11 Å². The number of carbonyl (C=O) groups is 1. The molecule has 0 aliphatic heterocycles. The number of rotatable bonds is 0. The zero-order chi connectivity index (χ0) is 10.3. The molecule has 1 N–H and O–H groups in total. The topological polar surface area (TPSA) is 42.2 Å². The zero-order valence-electron chi connectivity index (χ0n) is 7.49. The highest BCUT2D eigenvalue weighted by molar-refractivity contribution is 9.10. The Bertz CT molecular complexity index is 516. The molecule has 0 amide bonds. The van der Waals surface area contributed by atoms with E-state index in [1.165, 1.54) is 4.57 Å². The lowest BCUT2D eigenvalue weighted by atomic mass is 10.2. The molecular weight excluding hydrogens is 246 g/mol. The first-order valence-corrected chi connectivity index (χ1v) is 4.91. The molecule has 1 heterocycles. The molecule has 1 aromatic heterocycles. The Hall–Kier alpha value is -1.29. The van der Waals surface area contributed by atoms with Crippen molar-refractivity contribution in [3.8, 4) is 0 Å². The molecule has 72 valence electrons. The standard InChI is InChI=1S/C10H8BrNO2/c1-6-9(11)7-4-2-3-5-8(7)12(6)10(13)14/h2-5H,1H3,(H,13,14). The summed E-state index contributed by atoms with van der Waals surface area (Å²) in [6.07, 6.45) is -0.954. The Morgan fingerprint density at radius 3 is 2.71 bits per heavy atom. The monoisotopic (exact) mass is 253 g/mol. The van der Waals surface area contributed by atoms with Crippen LogP contribution >= 0.6 is 15.9 Å². The summed E-state index contributed by atoms with van der Waals surface area (Å²) in [5.41, 5.74) is 1.42. The van der Waals surface area contributed by atoms with Crippen LogP contribution in [0.5, 0.6) is 0 Å². The van der Waals surface area contributed by atoms with Gasteiger partial charge in [0.05, 0.1) is 5.52 Å². The Labute approximate surface area is 89.1 Å². The van der Waals surface area contributed by atoms with Gasteiger partial charge in [-0.2, -0.15) is 0 Å². The quantitative estimate of drug-likeness (QED) is 0.784. The number of hydrogen-bond donors (Lipinski definition) is 1. The average Bonchev–Trinajstić information content (AvgIpc) is 2.41. The molecule has 0 unspecified atom stereocenters. The molecule has 4 heteroatoms. The lowest BCUT2D eigenvalue weighted by Crippen LogP contribution is -2.08. The van der Waals surface area contributed by atoms with Gasteiger partial charge in [-0.3, -0.25) is 0 Å². The fourth-order valence-electron chi connectivity index (χ4n) is 1.57. The van der Waals surface area contributed by atoms with Crippen LogP contribution < -0.4 is 0 Å². The van der Waals surface area contributed by atoms with Gasteiger partial charge in [0.15, 0.2) is 0 Å². The molecular formula is C10H8BrNO2. The lowest BCUT2D eigenvalue weighted by Gasteiger charge is -1.99. The first-order chi connectivity index (χ1) is 6.63. The predicted octanol–water partition coefficient (Wildman–Crippen LogP) is 3.24. The van der Waals surface area contributed by atoms with Gasteiger partial charge in [0.1, 0.15) is 0 Å². The van der Waals surface area contributed by atoms with Gasteiger partial charge in [-0.15, -0.1) is 0 Å². The summed E-state index contributed by atoms with van der Waals surface area (Å²) in [4.78, 5) is 11.0. The number of carboxylic acid groups (broad SMARTS) is 1. The molecule has 0 aliphatic carbocycles. The average molecular weight is 254 g/mol. The summed E-state index contributed by atoms with van der Waals surface area (Å²) in [7, 11) is 0. The summed E-state index contributed by atoms with van der Waals surface area (Å²) >= 11 is 3.39. The van der Waals surface area contributed by atoms with E-state index < -0.39 is 6.09 Å². The third-order valence-corrected chi connectivity index (χ3v) is 3.23. The first kappa shape index (κ1) is 9.27. The largest absolute Gasteiger partial charge is 0.464 e. The van der Waals surface area contributed by atoms with Crippen LogP contribution in [0, 0.1) is 6.92 Å². The third kappa shape index (κ3) is 1.14. The third-order valence-electron chi connectivity index (χ3n) is 2.23. The fourth-order valence-corrected chi connectivity index (χ4v) is 2.09. The van der Waals surface area contributed by atoms with Crippen molar-refractivity contribution in [3.63, 3.8) is 0 Å². The highest BCUT2D eigenvalue weighted by atomic mass is 79.9. The number of aromatic nitrogens is 1. The van der Waals surface area contributed by atoms with E-state index in [0.29, 0.717) is 11.2 Å². The second-order valence-corrected chi connectivity index (χ2v) is 3.83. The van der Waals surface area contributed by atoms with Gasteiger partial charge < -0.3 is 5.11 Å². The molecule has 0 fully saturated rings. The van der Waals surface area contributed by atoms with Crippen molar-refractivity contribution < 1.29 is 9.90 Å². The van der Waals surface area contributed by atoms with E-state index in [-0.39, 0.29) is 0 Å². The number of halogens is 1. The van der Waals surface area contributed by atoms with Crippen LogP contribution in [0.3, 0.4) is 0 Å². The Kier molecular flexibility index (Phi) is 2.07. The molecule has 0 atom stereocenters. The minimum Gasteiger partial charge on any atom is -0.464 e. The SMILES string of the molecule is Cc1c(Br)c2ccccc2n1C(=O)O. The number of benzene rings is 1. The number of para-hydroxylation sites is 1. The maximum absolute atomic E-state index is 11.0. The maximum Gasteiger partial charge on any atom is 0.416 e. The summed E-state index contributed by atoms with van der Waals surface area (Å²) in [6.45, 7) is 1.78. The summed E-state index contributed by atoms with van der Waals surface area (Å²) < 4.78 is 2.12. The molecule has 0 saturated heterocycles. The second-order valence-electron chi connectivity index (χ2n) is 3.03. The molecule has 0 spiro atoms. The summed E-state index contributed by atoms with van der Waals surface area (Å²) in [5, 5.41) is 9.94. The van der Waals surface area contributed by atoms with Crippen LogP contribution in [-0.2, 0) is 0 Å². The van der Waals surface area contributed by atoms with Crippen LogP contribution in [0.2, 0.25) is 0 Å². The van der Waals surface area contributed by atoms with Gasteiger partial charge in [0.2, 0.25) is 0 Å². The molecule has 0 radical (unpaired) electrons. The molecule has 0 saturated carbocycles. The van der Waals surface area contributed by atoms with E-state index in [0.717, 1.165) is 9.86 Å². The van der Waals surface area contributed by atoms with E-state index in [2.05, 4.69) is 15.9 Å². The molecule has 14 heavy (non-hydrogen) atoms. The molecule has 2 aromatic rings. The van der Waals surface area contributed by atoms with Gasteiger partial charge in [0, 0.05) is 15.6 Å². The van der Waals surface area contributed by atoms with Gasteiger partial charge in [-0.25, -0.2) is 9.36 Å². The van der Waals surface area contributed by atoms with Crippen LogP contribution in [-0.4, -0.2) is 15.8 Å². The van der Waals surface area contributed by atoms with E-state index in [9.17, 15) is 4.79 Å². The minimum atomic E-state index is -0.954. The van der Waals surface area contributed by atoms with Gasteiger partial charge in [0.25, 0.3) is 0 Å². The summed E-state index contributed by atoms with van der Waals surface area (Å²) in [5.74, 6) is 0. The first-order valence-electron chi connectivity index (χ1n) is 4.11. The van der Waals surface area contributed by atoms with Crippen LogP contribution in [0.15, 0.2) is 28.7 Å². The van der Waals surface area contributed by atoms with Crippen molar-refractivity contribution in [2.24, 2.45) is 0 Å². The molecule has 1 aromatic carbocycles. The Morgan fingerprint density at radius 2 is 2.07 bits per heavy atom. The minimum absolute atomic E-state index is 0.707. The van der Waals surface area contributed by atoms with Crippen molar-refractivity contribution in [2.75, 3.05) is 0 Å². The zero-order valence-corrected chi connectivity index (χ0v) is 9.08. The fraction of sp³-hybridized carbons (Fsp3) is 0.100. The Balaban J connectivity index is 2.95. The van der Waals surface area contributed by atoms with Crippen molar-refractivity contribution >= 4 is 32.9 Å². The molecule has 0 bridgehead atoms. The lowest BCUT2D eigenvalue weighted by molar-refractivity contribution is 0.197. The number of hydrogen-bond acceptors (Lipinski definition) is 1. The Morgan fingerprint density at radius 1 is 1.43 bits per heavy atom. The molecule has 2 rings (SSSR count). The van der Waals surface area contributed by atoms with Crippen molar-refractivity contribution in [1.29, 1.82) is 0 Å². The van der Waals surface area contributed by atoms with Crippen molar-refractivity contribution in [2.45, 2.75) is 6.92 Å². The molecule has 0 aliphatic rings. The van der Waals surface area contributed by atoms with Gasteiger partial charge in [-0.1, -0.05) is 18.2 Å². The van der Waals surface area contributed by atoms with Gasteiger partial charge >= 0.3 is 6.09 Å². The van der Waals surface area contributed by atoms with Gasteiger partial charge in [-0.05, 0) is 28.9 Å². The highest BCUT2D eigenvalue weighted by Crippen LogP contribution is 2.29. The van der Waals surface area contributed by atoms with Crippen LogP contribution in [0.25, 0.3) is 10.9 Å². The van der Waals surface area contributed by atoms with E-state index in [1.54, 1.807) is 13.0 Å². The maximum atomic E-state index is 11.0. The smallest absolute Gasteiger partial charge is 0.416 e. The highest BCUT2D eigenvalue weighted by Gasteiger charge is 2.15. The van der Waals surface area contributed by atoms with Crippen LogP contribution in [0.4, 0.5) is 4.79 Å².